The van der Waals surface area contributed by atoms with Gasteiger partial charge >= 0.3 is 0 Å². The van der Waals surface area contributed by atoms with Crippen LogP contribution in [0.25, 0.3) is 0 Å². The van der Waals surface area contributed by atoms with Crippen molar-refractivity contribution < 1.29 is 4.79 Å². The van der Waals surface area contributed by atoms with E-state index in [-0.39, 0.29) is 11.8 Å². The second kappa shape index (κ2) is 7.23. The van der Waals surface area contributed by atoms with E-state index >= 15 is 0 Å². The summed E-state index contributed by atoms with van der Waals surface area (Å²) in [5, 5.41) is 3.28. The van der Waals surface area contributed by atoms with E-state index in [9.17, 15) is 4.79 Å². The monoisotopic (exact) mass is 338 g/mol. The molecule has 1 aromatic carbocycles. The zero-order valence-electron chi connectivity index (χ0n) is 12.2. The predicted molar refractivity (Wildman–Crippen MR) is 85.8 cm³/mol. The van der Waals surface area contributed by atoms with Crippen LogP contribution in [0.15, 0.2) is 28.7 Å². The smallest absolute Gasteiger partial charge is 0.223 e. The number of nitrogens with zero attached hydrogens (tertiary/aromatic N) is 1. The van der Waals surface area contributed by atoms with E-state index in [1.54, 1.807) is 0 Å². The lowest BCUT2D eigenvalue weighted by Gasteiger charge is -2.33. The minimum atomic E-state index is 0.269. The quantitative estimate of drug-likeness (QED) is 0.914. The Hall–Kier alpha value is -0.870. The molecule has 0 saturated carbocycles. The van der Waals surface area contributed by atoms with Gasteiger partial charge in [0.1, 0.15) is 0 Å². The summed E-state index contributed by atoms with van der Waals surface area (Å²) >= 11 is 3.44. The Morgan fingerprint density at radius 2 is 2.15 bits per heavy atom. The van der Waals surface area contributed by atoms with Gasteiger partial charge in [-0.3, -0.25) is 4.79 Å². The Morgan fingerprint density at radius 1 is 1.45 bits per heavy atom. The van der Waals surface area contributed by atoms with Crippen molar-refractivity contribution in [2.24, 2.45) is 0 Å². The topological polar surface area (TPSA) is 32.3 Å². The first-order valence-electron chi connectivity index (χ1n) is 7.30. The molecule has 110 valence electrons. The van der Waals surface area contributed by atoms with Gasteiger partial charge in [-0.2, -0.15) is 0 Å². The Balaban J connectivity index is 1.91. The number of carbonyl (C=O) groups is 1. The first kappa shape index (κ1) is 15.5. The van der Waals surface area contributed by atoms with Crippen LogP contribution in [0.2, 0.25) is 0 Å². The third-order valence-corrected chi connectivity index (χ3v) is 4.63. The van der Waals surface area contributed by atoms with Crippen molar-refractivity contribution in [2.75, 3.05) is 20.1 Å². The third-order valence-electron chi connectivity index (χ3n) is 4.10. The second-order valence-corrected chi connectivity index (χ2v) is 6.54. The molecule has 2 rings (SSSR count). The maximum absolute atomic E-state index is 12.4. The maximum Gasteiger partial charge on any atom is 0.223 e. The van der Waals surface area contributed by atoms with Crippen LogP contribution < -0.4 is 5.32 Å². The SMILES string of the molecule is CNC1CCCN(C(=O)CC(C)c2ccc(Br)cc2)C1. The average Bonchev–Trinajstić information content (AvgIpc) is 2.47. The molecule has 0 aromatic heterocycles. The largest absolute Gasteiger partial charge is 0.341 e. The van der Waals surface area contributed by atoms with Gasteiger partial charge in [-0.25, -0.2) is 0 Å². The number of piperidine rings is 1. The molecule has 0 spiro atoms. The van der Waals surface area contributed by atoms with Crippen LogP contribution in [0, 0.1) is 0 Å². The first-order chi connectivity index (χ1) is 9.60. The molecule has 20 heavy (non-hydrogen) atoms. The fourth-order valence-electron chi connectivity index (χ4n) is 2.74. The van der Waals surface area contributed by atoms with Crippen molar-refractivity contribution >= 4 is 21.8 Å². The maximum atomic E-state index is 12.4. The summed E-state index contributed by atoms with van der Waals surface area (Å²) in [5.41, 5.74) is 1.23. The number of hydrogen-bond acceptors (Lipinski definition) is 2. The van der Waals surface area contributed by atoms with Crippen LogP contribution in [-0.4, -0.2) is 37.0 Å². The number of carbonyl (C=O) groups excluding carboxylic acids is 1. The standard InChI is InChI=1S/C16H23BrN2O/c1-12(13-5-7-14(17)8-6-13)10-16(20)19-9-3-4-15(11-19)18-2/h5-8,12,15,18H,3-4,9-11H2,1-2H3. The summed E-state index contributed by atoms with van der Waals surface area (Å²) in [7, 11) is 1.98. The van der Waals surface area contributed by atoms with Crippen LogP contribution in [0.1, 0.15) is 37.7 Å². The second-order valence-electron chi connectivity index (χ2n) is 5.62. The number of nitrogens with one attached hydrogen (secondary N) is 1. The lowest BCUT2D eigenvalue weighted by molar-refractivity contribution is -0.132. The molecule has 1 aromatic rings. The molecule has 1 heterocycles. The molecule has 2 atom stereocenters. The average molecular weight is 339 g/mol. The van der Waals surface area contributed by atoms with Gasteiger partial charge in [-0.05, 0) is 43.5 Å². The van der Waals surface area contributed by atoms with Crippen LogP contribution >= 0.6 is 15.9 Å². The van der Waals surface area contributed by atoms with Crippen LogP contribution in [-0.2, 0) is 4.79 Å². The number of hydrogen-bond donors (Lipinski definition) is 1. The number of likely N-dealkylation sites (N-methyl/N-ethyl adjacent to an activating group) is 1. The molecule has 1 saturated heterocycles. The van der Waals surface area contributed by atoms with E-state index in [1.807, 2.05) is 24.1 Å². The normalized spacial score (nSPS) is 20.8. The molecule has 0 bridgehead atoms. The van der Waals surface area contributed by atoms with E-state index in [1.165, 1.54) is 12.0 Å². The lowest BCUT2D eigenvalue weighted by atomic mass is 9.96. The van der Waals surface area contributed by atoms with Crippen molar-refractivity contribution in [1.82, 2.24) is 10.2 Å². The molecule has 2 unspecified atom stereocenters. The Labute approximate surface area is 129 Å². The van der Waals surface area contributed by atoms with E-state index in [4.69, 9.17) is 0 Å². The Morgan fingerprint density at radius 3 is 2.80 bits per heavy atom. The minimum absolute atomic E-state index is 0.269. The Kier molecular flexibility index (Phi) is 5.61. The number of likely N-dealkylation sites (tertiary alicyclic amines) is 1. The zero-order chi connectivity index (χ0) is 14.5. The summed E-state index contributed by atoms with van der Waals surface area (Å²) in [5.74, 6) is 0.547. The number of halogens is 1. The van der Waals surface area contributed by atoms with E-state index < -0.39 is 0 Å². The van der Waals surface area contributed by atoms with Crippen LogP contribution in [0.3, 0.4) is 0 Å². The molecule has 0 radical (unpaired) electrons. The Bertz CT molecular complexity index is 446. The highest BCUT2D eigenvalue weighted by Crippen LogP contribution is 2.23. The van der Waals surface area contributed by atoms with Gasteiger partial charge in [-0.1, -0.05) is 35.0 Å². The first-order valence-corrected chi connectivity index (χ1v) is 8.10. The summed E-state index contributed by atoms with van der Waals surface area (Å²) < 4.78 is 1.08. The molecule has 4 heteroatoms. The number of rotatable bonds is 4. The highest BCUT2D eigenvalue weighted by Gasteiger charge is 2.23. The molecule has 3 nitrogen and oxygen atoms in total. The molecule has 1 aliphatic rings. The van der Waals surface area contributed by atoms with Crippen molar-refractivity contribution in [3.63, 3.8) is 0 Å². The van der Waals surface area contributed by atoms with Crippen LogP contribution in [0.5, 0.6) is 0 Å². The summed E-state index contributed by atoms with van der Waals surface area (Å²) in [4.78, 5) is 14.4. The summed E-state index contributed by atoms with van der Waals surface area (Å²) in [6.07, 6.45) is 2.87. The summed E-state index contributed by atoms with van der Waals surface area (Å²) in [6, 6.07) is 8.71. The number of benzene rings is 1. The minimum Gasteiger partial charge on any atom is -0.341 e. The molecule has 1 fully saturated rings. The molecular weight excluding hydrogens is 316 g/mol. The molecule has 1 N–H and O–H groups in total. The highest BCUT2D eigenvalue weighted by molar-refractivity contribution is 9.10. The van der Waals surface area contributed by atoms with Crippen molar-refractivity contribution in [3.05, 3.63) is 34.3 Å². The molecule has 1 amide bonds. The van der Waals surface area contributed by atoms with E-state index in [0.717, 1.165) is 24.0 Å². The zero-order valence-corrected chi connectivity index (χ0v) is 13.8. The fraction of sp³-hybridized carbons (Fsp3) is 0.562. The molecule has 1 aliphatic heterocycles. The third kappa shape index (κ3) is 4.06. The van der Waals surface area contributed by atoms with E-state index in [2.05, 4.69) is 40.3 Å². The van der Waals surface area contributed by atoms with E-state index in [0.29, 0.717) is 12.5 Å². The van der Waals surface area contributed by atoms with Gasteiger partial charge in [0, 0.05) is 30.0 Å². The predicted octanol–water partition coefficient (Wildman–Crippen LogP) is 3.15. The van der Waals surface area contributed by atoms with Gasteiger partial charge in [0.05, 0.1) is 0 Å². The van der Waals surface area contributed by atoms with Crippen molar-refractivity contribution in [3.8, 4) is 0 Å². The van der Waals surface area contributed by atoms with Crippen molar-refractivity contribution in [1.29, 1.82) is 0 Å². The number of amides is 1. The molecular formula is C16H23BrN2O. The lowest BCUT2D eigenvalue weighted by Crippen LogP contribution is -2.47. The fourth-order valence-corrected chi connectivity index (χ4v) is 3.00. The highest BCUT2D eigenvalue weighted by atomic mass is 79.9. The van der Waals surface area contributed by atoms with Gasteiger partial charge in [0.15, 0.2) is 0 Å². The van der Waals surface area contributed by atoms with Gasteiger partial charge in [0.2, 0.25) is 5.91 Å². The van der Waals surface area contributed by atoms with Gasteiger partial charge < -0.3 is 10.2 Å². The van der Waals surface area contributed by atoms with Crippen LogP contribution in [0.4, 0.5) is 0 Å². The van der Waals surface area contributed by atoms with Crippen molar-refractivity contribution in [2.45, 2.75) is 38.1 Å². The summed E-state index contributed by atoms with van der Waals surface area (Å²) in [6.45, 7) is 3.88. The van der Waals surface area contributed by atoms with Gasteiger partial charge in [0.25, 0.3) is 0 Å². The molecule has 0 aliphatic carbocycles. The van der Waals surface area contributed by atoms with Gasteiger partial charge in [-0.15, -0.1) is 0 Å².